The number of carboxylic acids is 1. The van der Waals surface area contributed by atoms with Gasteiger partial charge in [-0.3, -0.25) is 4.90 Å². The van der Waals surface area contributed by atoms with Crippen molar-refractivity contribution in [2.45, 2.75) is 26.0 Å². The highest BCUT2D eigenvalue weighted by Crippen LogP contribution is 2.08. The van der Waals surface area contributed by atoms with Crippen LogP contribution in [0.2, 0.25) is 0 Å². The van der Waals surface area contributed by atoms with Gasteiger partial charge >= 0.3 is 11.2 Å². The van der Waals surface area contributed by atoms with Crippen LogP contribution in [-0.4, -0.2) is 44.1 Å². The van der Waals surface area contributed by atoms with Crippen molar-refractivity contribution in [1.82, 2.24) is 4.90 Å². The predicted molar refractivity (Wildman–Crippen MR) is 53.6 cm³/mol. The molecule has 0 fully saturated rings. The summed E-state index contributed by atoms with van der Waals surface area (Å²) in [4.78, 5) is 23.3. The molecular weight excluding hydrogens is 206 g/mol. The highest BCUT2D eigenvalue weighted by atomic mass is 32.2. The first-order valence-electron chi connectivity index (χ1n) is 4.37. The summed E-state index contributed by atoms with van der Waals surface area (Å²) < 4.78 is 11.4. The molecule has 82 valence electrons. The molecule has 0 saturated heterocycles. The van der Waals surface area contributed by atoms with Crippen molar-refractivity contribution < 1.29 is 19.2 Å². The minimum absolute atomic E-state index is 0.438. The Balaban J connectivity index is 4.44. The minimum Gasteiger partial charge on any atom is -0.607 e. The van der Waals surface area contributed by atoms with Gasteiger partial charge in [-0.1, -0.05) is 0 Å². The number of carboxylic acid groups (broad SMARTS) is 1. The van der Waals surface area contributed by atoms with Crippen molar-refractivity contribution in [2.75, 3.05) is 13.1 Å². The van der Waals surface area contributed by atoms with E-state index in [1.54, 1.807) is 13.8 Å². The molecule has 0 radical (unpaired) electrons. The highest BCUT2D eigenvalue weighted by Gasteiger charge is 2.34. The summed E-state index contributed by atoms with van der Waals surface area (Å²) in [5.41, 5.74) is 0. The number of rotatable bonds is 4. The van der Waals surface area contributed by atoms with Crippen LogP contribution in [0.15, 0.2) is 0 Å². The highest BCUT2D eigenvalue weighted by molar-refractivity contribution is 8.07. The molecule has 0 aromatic heterocycles. The van der Waals surface area contributed by atoms with Crippen molar-refractivity contribution in [3.05, 3.63) is 0 Å². The monoisotopic (exact) mass is 221 g/mol. The molecule has 6 heteroatoms. The van der Waals surface area contributed by atoms with Crippen molar-refractivity contribution in [3.8, 4) is 0 Å². The van der Waals surface area contributed by atoms with Crippen LogP contribution in [0.5, 0.6) is 0 Å². The summed E-state index contributed by atoms with van der Waals surface area (Å²) in [6.45, 7) is 5.65. The van der Waals surface area contributed by atoms with Crippen LogP contribution in [0.25, 0.3) is 0 Å². The molecule has 0 rings (SSSR count). The number of nitrogens with zero attached hydrogens (tertiary/aromatic N) is 1. The van der Waals surface area contributed by atoms with Gasteiger partial charge < -0.3 is 9.66 Å². The Morgan fingerprint density at radius 3 is 2.14 bits per heavy atom. The van der Waals surface area contributed by atoms with E-state index in [2.05, 4.69) is 0 Å². The molecule has 5 nitrogen and oxygen atoms in total. The number of carbonyl (C=O) groups is 2. The van der Waals surface area contributed by atoms with Gasteiger partial charge in [0.25, 0.3) is 0 Å². The second kappa shape index (κ2) is 5.87. The third kappa shape index (κ3) is 3.19. The Morgan fingerprint density at radius 2 is 1.86 bits per heavy atom. The number of carbonyl (C=O) groups excluding carboxylic acids is 1. The molecule has 1 amide bonds. The normalized spacial score (nSPS) is 14.6. The van der Waals surface area contributed by atoms with Crippen LogP contribution in [0.1, 0.15) is 20.8 Å². The van der Waals surface area contributed by atoms with Gasteiger partial charge in [0.2, 0.25) is 5.25 Å². The summed E-state index contributed by atoms with van der Waals surface area (Å²) in [7, 11) is 0. The SMILES string of the molecule is CCN(CC)C(=O)[S+]([O-])C(C)C(=O)O. The van der Waals surface area contributed by atoms with Gasteiger partial charge in [-0.2, -0.15) is 0 Å². The molecule has 0 aliphatic carbocycles. The minimum atomic E-state index is -1.98. The Morgan fingerprint density at radius 1 is 1.43 bits per heavy atom. The number of hydrogen-bond acceptors (Lipinski definition) is 3. The lowest BCUT2D eigenvalue weighted by atomic mass is 10.5. The number of hydrogen-bond donors (Lipinski definition) is 1. The second-order valence-electron chi connectivity index (χ2n) is 2.72. The summed E-state index contributed by atoms with van der Waals surface area (Å²) in [5, 5.41) is 6.81. The molecule has 0 heterocycles. The average Bonchev–Trinajstić information content (AvgIpc) is 2.17. The Hall–Kier alpha value is -0.750. The van der Waals surface area contributed by atoms with Crippen LogP contribution in [0, 0.1) is 0 Å². The first-order valence-corrected chi connectivity index (χ1v) is 5.59. The maximum atomic E-state index is 11.4. The van der Waals surface area contributed by atoms with Crippen LogP contribution in [0.4, 0.5) is 4.79 Å². The lowest BCUT2D eigenvalue weighted by molar-refractivity contribution is -0.136. The van der Waals surface area contributed by atoms with E-state index in [1.165, 1.54) is 11.8 Å². The van der Waals surface area contributed by atoms with Gasteiger partial charge in [0.15, 0.2) is 0 Å². The Bertz CT molecular complexity index is 217. The first kappa shape index (κ1) is 13.2. The van der Waals surface area contributed by atoms with E-state index in [0.29, 0.717) is 13.1 Å². The molecule has 14 heavy (non-hydrogen) atoms. The van der Waals surface area contributed by atoms with Gasteiger partial charge in [-0.25, -0.2) is 9.59 Å². The summed E-state index contributed by atoms with van der Waals surface area (Å²) in [6.07, 6.45) is 0. The largest absolute Gasteiger partial charge is 0.607 e. The number of aliphatic carboxylic acids is 1. The summed E-state index contributed by atoms with van der Waals surface area (Å²) in [6, 6.07) is 0. The van der Waals surface area contributed by atoms with Crippen molar-refractivity contribution in [2.24, 2.45) is 0 Å². The van der Waals surface area contributed by atoms with E-state index >= 15 is 0 Å². The van der Waals surface area contributed by atoms with E-state index < -0.39 is 27.6 Å². The second-order valence-corrected chi connectivity index (χ2v) is 4.37. The Labute approximate surface area is 86.3 Å². The van der Waals surface area contributed by atoms with E-state index in [4.69, 9.17) is 5.11 Å². The van der Waals surface area contributed by atoms with Gasteiger partial charge in [0.05, 0.1) is 11.2 Å². The fourth-order valence-electron chi connectivity index (χ4n) is 0.852. The van der Waals surface area contributed by atoms with E-state index in [9.17, 15) is 14.1 Å². The smallest absolute Gasteiger partial charge is 0.430 e. The molecule has 0 bridgehead atoms. The zero-order valence-corrected chi connectivity index (χ0v) is 9.34. The average molecular weight is 221 g/mol. The van der Waals surface area contributed by atoms with Crippen molar-refractivity contribution in [3.63, 3.8) is 0 Å². The van der Waals surface area contributed by atoms with Crippen LogP contribution >= 0.6 is 0 Å². The van der Waals surface area contributed by atoms with Crippen molar-refractivity contribution in [1.29, 1.82) is 0 Å². The predicted octanol–water partition coefficient (Wildman–Crippen LogP) is 0.670. The standard InChI is InChI=1S/C8H15NO4S/c1-4-9(5-2)8(12)14(13)6(3)7(10)11/h6H,4-5H2,1-3H3,(H,10,11). The molecule has 0 aliphatic rings. The molecule has 1 N–H and O–H groups in total. The molecule has 2 atom stereocenters. The molecule has 0 saturated carbocycles. The van der Waals surface area contributed by atoms with Crippen LogP contribution in [-0.2, 0) is 16.0 Å². The lowest BCUT2D eigenvalue weighted by Gasteiger charge is -2.20. The van der Waals surface area contributed by atoms with E-state index in [1.807, 2.05) is 0 Å². The quantitative estimate of drug-likeness (QED) is 0.707. The fraction of sp³-hybridized carbons (Fsp3) is 0.750. The van der Waals surface area contributed by atoms with Gasteiger partial charge in [-0.15, -0.1) is 0 Å². The van der Waals surface area contributed by atoms with Gasteiger partial charge in [-0.05, 0) is 20.8 Å². The molecular formula is C8H15NO4S. The third-order valence-corrected chi connectivity index (χ3v) is 3.31. The third-order valence-electron chi connectivity index (χ3n) is 1.86. The van der Waals surface area contributed by atoms with Crippen LogP contribution < -0.4 is 0 Å². The molecule has 2 unspecified atom stereocenters. The fourth-order valence-corrected chi connectivity index (χ4v) is 1.85. The maximum absolute atomic E-state index is 11.4. The van der Waals surface area contributed by atoms with Crippen LogP contribution in [0.3, 0.4) is 0 Å². The van der Waals surface area contributed by atoms with E-state index in [-0.39, 0.29) is 0 Å². The molecule has 0 aromatic rings. The number of amides is 1. The first-order chi connectivity index (χ1) is 6.45. The van der Waals surface area contributed by atoms with Gasteiger partial charge in [0, 0.05) is 13.1 Å². The lowest BCUT2D eigenvalue weighted by Crippen LogP contribution is -2.41. The van der Waals surface area contributed by atoms with E-state index in [0.717, 1.165) is 0 Å². The molecule has 0 aliphatic heterocycles. The topological polar surface area (TPSA) is 80.7 Å². The zero-order chi connectivity index (χ0) is 11.3. The molecule has 0 spiro atoms. The Kier molecular flexibility index (Phi) is 5.56. The maximum Gasteiger partial charge on any atom is 0.430 e. The van der Waals surface area contributed by atoms with Gasteiger partial charge in [0.1, 0.15) is 0 Å². The molecule has 0 aromatic carbocycles. The summed E-state index contributed by atoms with van der Waals surface area (Å²) >= 11 is -1.98. The zero-order valence-electron chi connectivity index (χ0n) is 8.52. The summed E-state index contributed by atoms with van der Waals surface area (Å²) in [5.74, 6) is -1.22. The van der Waals surface area contributed by atoms with Crippen molar-refractivity contribution >= 4 is 22.4 Å².